The Balaban J connectivity index is 1.92. The molecule has 1 aliphatic heterocycles. The predicted molar refractivity (Wildman–Crippen MR) is 95.8 cm³/mol. The largest absolute Gasteiger partial charge is 0.299 e. The van der Waals surface area contributed by atoms with Gasteiger partial charge in [-0.1, -0.05) is 23.2 Å². The number of rotatable bonds is 3. The van der Waals surface area contributed by atoms with Crippen molar-refractivity contribution < 1.29 is 8.42 Å². The van der Waals surface area contributed by atoms with E-state index in [1.54, 1.807) is 25.1 Å². The first-order valence-electron chi connectivity index (χ1n) is 7.27. The van der Waals surface area contributed by atoms with Crippen LogP contribution in [0, 0.1) is 6.92 Å². The van der Waals surface area contributed by atoms with Gasteiger partial charge in [0.25, 0.3) is 5.56 Å². The zero-order chi connectivity index (χ0) is 17.5. The van der Waals surface area contributed by atoms with Crippen LogP contribution in [0.2, 0.25) is 10.0 Å². The molecule has 2 aromatic rings. The lowest BCUT2D eigenvalue weighted by Gasteiger charge is -2.07. The molecule has 1 atom stereocenters. The van der Waals surface area contributed by atoms with Crippen LogP contribution in [0.3, 0.4) is 0 Å². The molecule has 1 aliphatic rings. The Morgan fingerprint density at radius 2 is 2.12 bits per heavy atom. The average Bonchev–Trinajstić information content (AvgIpc) is 2.99. The first-order chi connectivity index (χ1) is 11.3. The Kier molecular flexibility index (Phi) is 4.59. The minimum absolute atomic E-state index is 0.0214. The van der Waals surface area contributed by atoms with E-state index in [2.05, 4.69) is 10.1 Å². The lowest BCUT2D eigenvalue weighted by molar-refractivity contribution is 0.483. The molecule has 1 fully saturated rings. The fraction of sp³-hybridized carbons (Fsp3) is 0.333. The molecule has 1 saturated heterocycles. The van der Waals surface area contributed by atoms with E-state index in [1.165, 1.54) is 10.9 Å². The third-order valence-corrected chi connectivity index (χ3v) is 6.25. The lowest BCUT2D eigenvalue weighted by Crippen LogP contribution is -2.25. The molecule has 0 amide bonds. The van der Waals surface area contributed by atoms with Gasteiger partial charge >= 0.3 is 0 Å². The Morgan fingerprint density at radius 1 is 1.38 bits per heavy atom. The van der Waals surface area contributed by atoms with Gasteiger partial charge in [0.05, 0.1) is 33.8 Å². The molecule has 6 nitrogen and oxygen atoms in total. The molecule has 1 unspecified atom stereocenters. The van der Waals surface area contributed by atoms with E-state index in [9.17, 15) is 13.2 Å². The zero-order valence-electron chi connectivity index (χ0n) is 12.8. The number of aryl methyl sites for hydroxylation is 1. The predicted octanol–water partition coefficient (Wildman–Crippen LogP) is 2.90. The van der Waals surface area contributed by atoms with Crippen molar-refractivity contribution in [3.05, 3.63) is 49.9 Å². The van der Waals surface area contributed by atoms with Crippen molar-refractivity contribution >= 4 is 44.9 Å². The van der Waals surface area contributed by atoms with E-state index in [4.69, 9.17) is 23.2 Å². The summed E-state index contributed by atoms with van der Waals surface area (Å²) in [6.07, 6.45) is 1.87. The van der Waals surface area contributed by atoms with E-state index < -0.39 is 9.84 Å². The second-order valence-corrected chi connectivity index (χ2v) is 8.81. The third kappa shape index (κ3) is 3.43. The van der Waals surface area contributed by atoms with Crippen molar-refractivity contribution in [2.24, 2.45) is 4.99 Å². The van der Waals surface area contributed by atoms with E-state index in [0.29, 0.717) is 33.4 Å². The van der Waals surface area contributed by atoms with Crippen LogP contribution in [0.1, 0.15) is 23.7 Å². The number of aromatic amines is 1. The maximum Gasteiger partial charge on any atom is 0.275 e. The van der Waals surface area contributed by atoms with Crippen molar-refractivity contribution in [1.29, 1.82) is 0 Å². The summed E-state index contributed by atoms with van der Waals surface area (Å²) >= 11 is 11.9. The summed E-state index contributed by atoms with van der Waals surface area (Å²) in [5.74, 6) is 0.0818. The van der Waals surface area contributed by atoms with Crippen LogP contribution in [0.25, 0.3) is 0 Å². The molecule has 2 heterocycles. The molecule has 1 N–H and O–H groups in total. The van der Waals surface area contributed by atoms with Crippen molar-refractivity contribution in [3.8, 4) is 0 Å². The maximum absolute atomic E-state index is 12.5. The average molecular weight is 388 g/mol. The Bertz CT molecular complexity index is 976. The number of aliphatic imine (C=N–C) groups is 1. The molecular weight excluding hydrogens is 373 g/mol. The molecule has 0 radical (unpaired) electrons. The molecular formula is C15H15Cl2N3O3S. The summed E-state index contributed by atoms with van der Waals surface area (Å²) in [6, 6.07) is 4.53. The summed E-state index contributed by atoms with van der Waals surface area (Å²) in [4.78, 5) is 16.8. The normalized spacial score (nSPS) is 20.0. The summed E-state index contributed by atoms with van der Waals surface area (Å²) in [5, 5.41) is 3.83. The van der Waals surface area contributed by atoms with Gasteiger partial charge in [0.15, 0.2) is 9.84 Å². The number of sulfone groups is 1. The minimum Gasteiger partial charge on any atom is -0.299 e. The topological polar surface area (TPSA) is 84.3 Å². The van der Waals surface area contributed by atoms with Gasteiger partial charge in [0.2, 0.25) is 0 Å². The lowest BCUT2D eigenvalue weighted by atomic mass is 10.2. The number of H-pyrrole nitrogens is 1. The Morgan fingerprint density at radius 3 is 2.75 bits per heavy atom. The molecule has 1 aromatic heterocycles. The van der Waals surface area contributed by atoms with Crippen LogP contribution in [0.5, 0.6) is 0 Å². The van der Waals surface area contributed by atoms with Gasteiger partial charge in [-0.3, -0.25) is 14.9 Å². The summed E-state index contributed by atoms with van der Waals surface area (Å²) in [6.45, 7) is 1.74. The quantitative estimate of drug-likeness (QED) is 0.821. The summed E-state index contributed by atoms with van der Waals surface area (Å²) in [5.41, 5.74) is 1.21. The highest BCUT2D eigenvalue weighted by Gasteiger charge is 2.31. The smallest absolute Gasteiger partial charge is 0.275 e. The molecule has 9 heteroatoms. The summed E-state index contributed by atoms with van der Waals surface area (Å²) < 4.78 is 24.6. The molecule has 1 aromatic carbocycles. The minimum atomic E-state index is -3.07. The fourth-order valence-electron chi connectivity index (χ4n) is 2.69. The number of aromatic nitrogens is 2. The molecule has 128 valence electrons. The second-order valence-electron chi connectivity index (χ2n) is 5.74. The second kappa shape index (κ2) is 6.38. The van der Waals surface area contributed by atoms with Gasteiger partial charge in [0.1, 0.15) is 0 Å². The van der Waals surface area contributed by atoms with Crippen molar-refractivity contribution in [2.45, 2.75) is 19.4 Å². The van der Waals surface area contributed by atoms with E-state index >= 15 is 0 Å². The van der Waals surface area contributed by atoms with Crippen molar-refractivity contribution in [1.82, 2.24) is 9.78 Å². The summed E-state index contributed by atoms with van der Waals surface area (Å²) in [7, 11) is -3.07. The SMILES string of the molecule is Cc1[nH]n(C2CCS(=O)(=O)C2)c(=O)c1C=Nc1ccc(Cl)cc1Cl. The molecule has 24 heavy (non-hydrogen) atoms. The Hall–Kier alpha value is -1.57. The van der Waals surface area contributed by atoms with E-state index in [-0.39, 0.29) is 23.1 Å². The van der Waals surface area contributed by atoms with Gasteiger partial charge < -0.3 is 0 Å². The van der Waals surface area contributed by atoms with Gasteiger partial charge in [0, 0.05) is 16.9 Å². The zero-order valence-corrected chi connectivity index (χ0v) is 15.1. The highest BCUT2D eigenvalue weighted by atomic mass is 35.5. The standard InChI is InChI=1S/C15H15Cl2N3O3S/c1-9-12(7-18-14-3-2-10(16)6-13(14)17)15(21)20(19-9)11-4-5-24(22,23)8-11/h2-3,6-7,11,19H,4-5,8H2,1H3. The molecule has 3 rings (SSSR count). The maximum atomic E-state index is 12.5. The monoisotopic (exact) mass is 387 g/mol. The number of benzene rings is 1. The van der Waals surface area contributed by atoms with E-state index in [0.717, 1.165) is 0 Å². The van der Waals surface area contributed by atoms with Gasteiger partial charge in [-0.15, -0.1) is 0 Å². The highest BCUT2D eigenvalue weighted by Crippen LogP contribution is 2.28. The number of nitrogens with one attached hydrogen (secondary N) is 1. The molecule has 0 aliphatic carbocycles. The van der Waals surface area contributed by atoms with Gasteiger partial charge in [-0.25, -0.2) is 13.1 Å². The van der Waals surface area contributed by atoms with E-state index in [1.807, 2.05) is 0 Å². The van der Waals surface area contributed by atoms with Crippen LogP contribution in [0.15, 0.2) is 28.0 Å². The van der Waals surface area contributed by atoms with Crippen molar-refractivity contribution in [3.63, 3.8) is 0 Å². The number of nitrogens with zero attached hydrogens (tertiary/aromatic N) is 2. The van der Waals surface area contributed by atoms with Gasteiger partial charge in [-0.05, 0) is 31.5 Å². The highest BCUT2D eigenvalue weighted by molar-refractivity contribution is 7.91. The number of hydrogen-bond donors (Lipinski definition) is 1. The first-order valence-corrected chi connectivity index (χ1v) is 9.85. The third-order valence-electron chi connectivity index (χ3n) is 3.96. The first kappa shape index (κ1) is 17.3. The van der Waals surface area contributed by atoms with Crippen LogP contribution < -0.4 is 5.56 Å². The molecule has 0 bridgehead atoms. The Labute approximate surface area is 149 Å². The molecule has 0 spiro atoms. The number of halogens is 2. The van der Waals surface area contributed by atoms with Gasteiger partial charge in [-0.2, -0.15) is 0 Å². The van der Waals surface area contributed by atoms with Crippen LogP contribution in [0.4, 0.5) is 5.69 Å². The fourth-order valence-corrected chi connectivity index (χ4v) is 4.85. The number of hydrogen-bond acceptors (Lipinski definition) is 4. The van der Waals surface area contributed by atoms with Crippen molar-refractivity contribution in [2.75, 3.05) is 11.5 Å². The van der Waals surface area contributed by atoms with Crippen LogP contribution in [-0.4, -0.2) is 35.9 Å². The van der Waals surface area contributed by atoms with Crippen LogP contribution >= 0.6 is 23.2 Å². The van der Waals surface area contributed by atoms with Crippen LogP contribution in [-0.2, 0) is 9.84 Å². The molecule has 0 saturated carbocycles.